The fourth-order valence-electron chi connectivity index (χ4n) is 2.35. The lowest BCUT2D eigenvalue weighted by molar-refractivity contribution is -0.143. The lowest BCUT2D eigenvalue weighted by atomic mass is 10.1. The van der Waals surface area contributed by atoms with Gasteiger partial charge in [0.25, 0.3) is 0 Å². The predicted molar refractivity (Wildman–Crippen MR) is 92.6 cm³/mol. The Hall–Kier alpha value is -2.36. The topological polar surface area (TPSA) is 142 Å². The van der Waals surface area contributed by atoms with Crippen molar-refractivity contribution in [2.45, 2.75) is 30.4 Å². The average Bonchev–Trinajstić information content (AvgIpc) is 2.59. The van der Waals surface area contributed by atoms with Gasteiger partial charge in [-0.1, -0.05) is 30.3 Å². The van der Waals surface area contributed by atoms with Crippen LogP contribution >= 0.6 is 11.8 Å². The minimum atomic E-state index is -1.33. The number of rotatable bonds is 6. The molecule has 0 aromatic heterocycles. The number of hydrogen-bond donors (Lipinski definition) is 5. The van der Waals surface area contributed by atoms with Crippen LogP contribution in [-0.2, 0) is 14.4 Å². The van der Waals surface area contributed by atoms with Gasteiger partial charge in [-0.2, -0.15) is 0 Å². The third-order valence-electron chi connectivity index (χ3n) is 3.74. The van der Waals surface area contributed by atoms with E-state index >= 15 is 0 Å². The minimum Gasteiger partial charge on any atom is -0.480 e. The van der Waals surface area contributed by atoms with E-state index in [1.165, 1.54) is 0 Å². The van der Waals surface area contributed by atoms with E-state index in [4.69, 9.17) is 5.73 Å². The molecule has 0 bridgehead atoms. The average molecular weight is 365 g/mol. The quantitative estimate of drug-likeness (QED) is 0.484. The highest BCUT2D eigenvalue weighted by Crippen LogP contribution is 2.25. The number of benzene rings is 1. The van der Waals surface area contributed by atoms with E-state index in [0.29, 0.717) is 11.1 Å². The zero-order valence-corrected chi connectivity index (χ0v) is 14.2. The standard InChI is InChI=1S/C16H19N3O5S/c1-8-7-25-14(19-11(8)15(21)22)12(16(23)24)18-13(20)10(17)9-5-3-2-4-6-9/h2-7,10-12,14,19H,17H2,1H3,(H,18,20)(H,21,22)(H,23,24)/t10-,11?,12+,14+/m1/s1. The van der Waals surface area contributed by atoms with E-state index < -0.39 is 41.3 Å². The molecule has 8 nitrogen and oxygen atoms in total. The van der Waals surface area contributed by atoms with Gasteiger partial charge in [-0.25, -0.2) is 4.79 Å². The maximum atomic E-state index is 12.3. The molecule has 2 rings (SSSR count). The van der Waals surface area contributed by atoms with Crippen molar-refractivity contribution in [2.24, 2.45) is 5.73 Å². The molecule has 9 heteroatoms. The van der Waals surface area contributed by atoms with Crippen LogP contribution in [0.25, 0.3) is 0 Å². The van der Waals surface area contributed by atoms with E-state index in [1.54, 1.807) is 42.7 Å². The molecule has 0 radical (unpaired) electrons. The fraction of sp³-hybridized carbons (Fsp3) is 0.312. The van der Waals surface area contributed by atoms with Gasteiger partial charge in [-0.3, -0.25) is 14.9 Å². The summed E-state index contributed by atoms with van der Waals surface area (Å²) in [6.07, 6.45) is 0. The van der Waals surface area contributed by atoms with Crippen molar-refractivity contribution < 1.29 is 24.6 Å². The van der Waals surface area contributed by atoms with Gasteiger partial charge >= 0.3 is 11.9 Å². The third-order valence-corrected chi connectivity index (χ3v) is 4.95. The molecule has 1 aromatic carbocycles. The number of nitrogens with one attached hydrogen (secondary N) is 2. The maximum Gasteiger partial charge on any atom is 0.328 e. The highest BCUT2D eigenvalue weighted by Gasteiger charge is 2.37. The first kappa shape index (κ1) is 19.0. The molecule has 0 fully saturated rings. The van der Waals surface area contributed by atoms with E-state index in [-0.39, 0.29) is 0 Å². The Morgan fingerprint density at radius 3 is 2.44 bits per heavy atom. The molecule has 1 aromatic rings. The Labute approximate surface area is 148 Å². The number of amides is 1. The first-order valence-corrected chi connectivity index (χ1v) is 8.40. The van der Waals surface area contributed by atoms with Gasteiger partial charge < -0.3 is 21.3 Å². The molecule has 0 saturated heterocycles. The zero-order valence-electron chi connectivity index (χ0n) is 13.4. The largest absolute Gasteiger partial charge is 0.480 e. The molecule has 1 heterocycles. The highest BCUT2D eigenvalue weighted by atomic mass is 32.2. The molecule has 0 saturated carbocycles. The summed E-state index contributed by atoms with van der Waals surface area (Å²) >= 11 is 1.11. The smallest absolute Gasteiger partial charge is 0.328 e. The van der Waals surface area contributed by atoms with Crippen molar-refractivity contribution in [1.82, 2.24) is 10.6 Å². The van der Waals surface area contributed by atoms with E-state index in [0.717, 1.165) is 11.8 Å². The number of carbonyl (C=O) groups excluding carboxylic acids is 1. The summed E-state index contributed by atoms with van der Waals surface area (Å²) in [5, 5.41) is 24.5. The van der Waals surface area contributed by atoms with Crippen LogP contribution in [0.5, 0.6) is 0 Å². The molecule has 6 N–H and O–H groups in total. The number of aliphatic carboxylic acids is 2. The van der Waals surface area contributed by atoms with Crippen LogP contribution in [0.1, 0.15) is 18.5 Å². The number of nitrogens with two attached hydrogens (primary N) is 1. The molecular formula is C16H19N3O5S. The summed E-state index contributed by atoms with van der Waals surface area (Å²) in [6.45, 7) is 1.63. The zero-order chi connectivity index (χ0) is 18.6. The van der Waals surface area contributed by atoms with Gasteiger partial charge in [0.1, 0.15) is 12.1 Å². The Kier molecular flexibility index (Phi) is 6.18. The lowest BCUT2D eigenvalue weighted by Gasteiger charge is -2.31. The SMILES string of the molecule is CC1=CS[C@@H]([C@H](NC(=O)[C@H](N)c2ccccc2)C(=O)O)NC1C(=O)O. The van der Waals surface area contributed by atoms with Crippen molar-refractivity contribution in [3.05, 3.63) is 46.9 Å². The summed E-state index contributed by atoms with van der Waals surface area (Å²) < 4.78 is 0. The Morgan fingerprint density at radius 1 is 1.24 bits per heavy atom. The number of carboxylic acids is 2. The van der Waals surface area contributed by atoms with Crippen molar-refractivity contribution in [1.29, 1.82) is 0 Å². The number of carbonyl (C=O) groups is 3. The van der Waals surface area contributed by atoms with Gasteiger partial charge in [0.2, 0.25) is 5.91 Å². The summed E-state index contributed by atoms with van der Waals surface area (Å²) in [5.74, 6) is -3.05. The molecular weight excluding hydrogens is 346 g/mol. The van der Waals surface area contributed by atoms with Crippen LogP contribution < -0.4 is 16.4 Å². The summed E-state index contributed by atoms with van der Waals surface area (Å²) in [4.78, 5) is 35.1. The van der Waals surface area contributed by atoms with Gasteiger partial charge in [-0.05, 0) is 23.5 Å². The highest BCUT2D eigenvalue weighted by molar-refractivity contribution is 8.02. The van der Waals surface area contributed by atoms with Crippen molar-refractivity contribution in [2.75, 3.05) is 0 Å². The minimum absolute atomic E-state index is 0.549. The second-order valence-corrected chi connectivity index (χ2v) is 6.59. The number of hydrogen-bond acceptors (Lipinski definition) is 6. The molecule has 0 spiro atoms. The van der Waals surface area contributed by atoms with E-state index in [9.17, 15) is 24.6 Å². The molecule has 25 heavy (non-hydrogen) atoms. The summed E-state index contributed by atoms with van der Waals surface area (Å²) in [6, 6.07) is 5.19. The summed E-state index contributed by atoms with van der Waals surface area (Å²) in [5.41, 5.74) is 6.98. The van der Waals surface area contributed by atoms with Gasteiger partial charge in [0.05, 0.1) is 5.37 Å². The van der Waals surface area contributed by atoms with E-state index in [2.05, 4.69) is 10.6 Å². The second kappa shape index (κ2) is 8.15. The van der Waals surface area contributed by atoms with Crippen LogP contribution in [0.15, 0.2) is 41.3 Å². The maximum absolute atomic E-state index is 12.3. The monoisotopic (exact) mass is 365 g/mol. The predicted octanol–water partition coefficient (Wildman–Crippen LogP) is 0.275. The van der Waals surface area contributed by atoms with Gasteiger partial charge in [0.15, 0.2) is 6.04 Å². The Balaban J connectivity index is 2.12. The van der Waals surface area contributed by atoms with Crippen LogP contribution in [0.4, 0.5) is 0 Å². The molecule has 1 aliphatic rings. The number of thioether (sulfide) groups is 1. The third kappa shape index (κ3) is 4.59. The van der Waals surface area contributed by atoms with Crippen molar-refractivity contribution in [3.63, 3.8) is 0 Å². The molecule has 0 aliphatic carbocycles. The number of carboxylic acid groups (broad SMARTS) is 2. The fourth-order valence-corrected chi connectivity index (χ4v) is 3.40. The molecule has 4 atom stereocenters. The molecule has 1 aliphatic heterocycles. The lowest BCUT2D eigenvalue weighted by Crippen LogP contribution is -2.58. The molecule has 134 valence electrons. The van der Waals surface area contributed by atoms with Gasteiger partial charge in [0, 0.05) is 0 Å². The van der Waals surface area contributed by atoms with Crippen LogP contribution in [-0.4, -0.2) is 45.5 Å². The first-order chi connectivity index (χ1) is 11.8. The van der Waals surface area contributed by atoms with Crippen molar-refractivity contribution in [3.8, 4) is 0 Å². The van der Waals surface area contributed by atoms with E-state index in [1.807, 2.05) is 0 Å². The van der Waals surface area contributed by atoms with Crippen molar-refractivity contribution >= 4 is 29.6 Å². The Bertz CT molecular complexity index is 694. The normalized spacial score (nSPS) is 22.4. The first-order valence-electron chi connectivity index (χ1n) is 7.46. The molecule has 1 unspecified atom stereocenters. The van der Waals surface area contributed by atoms with Gasteiger partial charge in [-0.15, -0.1) is 11.8 Å². The molecule has 1 amide bonds. The van der Waals surface area contributed by atoms with Crippen LogP contribution in [0, 0.1) is 0 Å². The second-order valence-electron chi connectivity index (χ2n) is 5.57. The summed E-state index contributed by atoms with van der Waals surface area (Å²) in [7, 11) is 0. The van der Waals surface area contributed by atoms with Crippen LogP contribution in [0.2, 0.25) is 0 Å². The van der Waals surface area contributed by atoms with Crippen LogP contribution in [0.3, 0.4) is 0 Å². The Morgan fingerprint density at radius 2 is 1.88 bits per heavy atom.